The highest BCUT2D eigenvalue weighted by Gasteiger charge is 2.25. The van der Waals surface area contributed by atoms with Gasteiger partial charge in [-0.3, -0.25) is 4.79 Å². The third-order valence-electron chi connectivity index (χ3n) is 4.20. The summed E-state index contributed by atoms with van der Waals surface area (Å²) < 4.78 is 0.895. The number of hydrogen-bond donors (Lipinski definition) is 2. The number of amides is 1. The first-order valence-corrected chi connectivity index (χ1v) is 9.68. The van der Waals surface area contributed by atoms with Gasteiger partial charge in [-0.1, -0.05) is 39.7 Å². The quantitative estimate of drug-likeness (QED) is 0.694. The fourth-order valence-electron chi connectivity index (χ4n) is 3.01. The lowest BCUT2D eigenvalue weighted by atomic mass is 10.1. The van der Waals surface area contributed by atoms with Gasteiger partial charge in [0.1, 0.15) is 0 Å². The summed E-state index contributed by atoms with van der Waals surface area (Å²) in [5.41, 5.74) is 7.93. The van der Waals surface area contributed by atoms with Gasteiger partial charge < -0.3 is 20.9 Å². The average molecular weight is 454 g/mol. The van der Waals surface area contributed by atoms with E-state index in [0.717, 1.165) is 15.8 Å². The minimum atomic E-state index is 0.0339. The van der Waals surface area contributed by atoms with Crippen molar-refractivity contribution in [1.82, 2.24) is 4.90 Å². The van der Waals surface area contributed by atoms with Gasteiger partial charge in [0.15, 0.2) is 5.11 Å². The lowest BCUT2D eigenvalue weighted by molar-refractivity contribution is 0.0747. The molecule has 0 radical (unpaired) electrons. The smallest absolute Gasteiger partial charge is 0.254 e. The maximum Gasteiger partial charge on any atom is 0.254 e. The predicted molar refractivity (Wildman–Crippen MR) is 114 cm³/mol. The molecule has 8 heteroatoms. The zero-order valence-corrected chi connectivity index (χ0v) is 17.1. The van der Waals surface area contributed by atoms with Crippen LogP contribution in [0.25, 0.3) is 0 Å². The molecule has 1 saturated heterocycles. The fourth-order valence-corrected chi connectivity index (χ4v) is 3.81. The van der Waals surface area contributed by atoms with E-state index in [1.807, 2.05) is 47.4 Å². The molecule has 0 aliphatic carbocycles. The number of carbonyl (C=O) groups excluding carboxylic acids is 1. The fraction of sp³-hybridized carbons (Fsp3) is 0.222. The van der Waals surface area contributed by atoms with Crippen LogP contribution in [0.3, 0.4) is 0 Å². The minimum Gasteiger partial charge on any atom is -0.376 e. The van der Waals surface area contributed by atoms with E-state index < -0.39 is 0 Å². The molecule has 0 saturated carbocycles. The molecule has 1 amide bonds. The highest BCUT2D eigenvalue weighted by molar-refractivity contribution is 9.10. The number of piperazine rings is 1. The van der Waals surface area contributed by atoms with Gasteiger partial charge in [-0.25, -0.2) is 0 Å². The molecule has 1 heterocycles. The number of carbonyl (C=O) groups is 1. The summed E-state index contributed by atoms with van der Waals surface area (Å²) in [6.07, 6.45) is 0. The summed E-state index contributed by atoms with van der Waals surface area (Å²) in [5, 5.41) is 3.79. The van der Waals surface area contributed by atoms with E-state index in [1.165, 1.54) is 0 Å². The van der Waals surface area contributed by atoms with Crippen molar-refractivity contribution in [2.75, 3.05) is 36.4 Å². The van der Waals surface area contributed by atoms with Crippen LogP contribution in [0.5, 0.6) is 0 Å². The van der Waals surface area contributed by atoms with E-state index in [9.17, 15) is 4.79 Å². The number of nitrogens with two attached hydrogens (primary N) is 1. The Labute approximate surface area is 171 Å². The normalized spacial score (nSPS) is 14.2. The highest BCUT2D eigenvalue weighted by atomic mass is 79.9. The van der Waals surface area contributed by atoms with Gasteiger partial charge >= 0.3 is 0 Å². The van der Waals surface area contributed by atoms with Crippen molar-refractivity contribution >= 4 is 62.1 Å². The summed E-state index contributed by atoms with van der Waals surface area (Å²) in [5.74, 6) is 0.0339. The molecule has 0 aromatic heterocycles. The molecule has 0 unspecified atom stereocenters. The molecule has 0 spiro atoms. The molecule has 26 heavy (non-hydrogen) atoms. The summed E-state index contributed by atoms with van der Waals surface area (Å²) in [4.78, 5) is 16.7. The van der Waals surface area contributed by atoms with Crippen LogP contribution >= 0.6 is 39.7 Å². The number of rotatable bonds is 3. The van der Waals surface area contributed by atoms with Crippen LogP contribution in [-0.2, 0) is 0 Å². The molecule has 1 aliphatic heterocycles. The number of nitrogens with one attached hydrogen (secondary N) is 1. The molecule has 3 rings (SSSR count). The van der Waals surface area contributed by atoms with Crippen molar-refractivity contribution in [3.63, 3.8) is 0 Å². The summed E-state index contributed by atoms with van der Waals surface area (Å²) in [6.45, 7) is 2.58. The molecule has 2 aromatic rings. The van der Waals surface area contributed by atoms with Crippen molar-refractivity contribution in [2.24, 2.45) is 5.73 Å². The van der Waals surface area contributed by atoms with Crippen LogP contribution in [0.2, 0.25) is 5.02 Å². The zero-order chi connectivity index (χ0) is 18.7. The van der Waals surface area contributed by atoms with E-state index in [4.69, 9.17) is 29.6 Å². The Morgan fingerprint density at radius 3 is 2.50 bits per heavy atom. The Morgan fingerprint density at radius 1 is 1.15 bits per heavy atom. The molecule has 1 fully saturated rings. The van der Waals surface area contributed by atoms with E-state index in [0.29, 0.717) is 36.8 Å². The molecular weight excluding hydrogens is 436 g/mol. The molecule has 2 aromatic carbocycles. The molecule has 0 atom stereocenters. The molecule has 5 nitrogen and oxygen atoms in total. The highest BCUT2D eigenvalue weighted by Crippen LogP contribution is 2.34. The zero-order valence-electron chi connectivity index (χ0n) is 13.9. The van der Waals surface area contributed by atoms with Gasteiger partial charge in [0, 0.05) is 36.2 Å². The Kier molecular flexibility index (Phi) is 6.01. The largest absolute Gasteiger partial charge is 0.376 e. The Morgan fingerprint density at radius 2 is 1.85 bits per heavy atom. The predicted octanol–water partition coefficient (Wildman–Crippen LogP) is 3.72. The van der Waals surface area contributed by atoms with Crippen LogP contribution < -0.4 is 16.0 Å². The first-order chi connectivity index (χ1) is 12.5. The molecule has 0 bridgehead atoms. The first-order valence-electron chi connectivity index (χ1n) is 8.10. The summed E-state index contributed by atoms with van der Waals surface area (Å²) in [6, 6.07) is 13.0. The van der Waals surface area contributed by atoms with E-state index in [2.05, 4.69) is 26.1 Å². The molecule has 3 N–H and O–H groups in total. The van der Waals surface area contributed by atoms with E-state index in [1.54, 1.807) is 0 Å². The number of halogens is 2. The van der Waals surface area contributed by atoms with Crippen molar-refractivity contribution in [3.05, 3.63) is 57.5 Å². The number of benzene rings is 2. The third kappa shape index (κ3) is 4.28. The van der Waals surface area contributed by atoms with Crippen LogP contribution in [-0.4, -0.2) is 42.1 Å². The topological polar surface area (TPSA) is 61.6 Å². The molecular formula is C18H18BrClN4OS. The number of thiocarbonyl (C=S) groups is 1. The van der Waals surface area contributed by atoms with Gasteiger partial charge in [0.2, 0.25) is 0 Å². The Bertz CT molecular complexity index is 840. The SMILES string of the molecule is NC(=S)Nc1cccc(Cl)c1N1CCN(C(=O)c2cccc(Br)c2)CC1. The van der Waals surface area contributed by atoms with Crippen LogP contribution in [0, 0.1) is 0 Å². The monoisotopic (exact) mass is 452 g/mol. The van der Waals surface area contributed by atoms with Gasteiger partial charge in [-0.15, -0.1) is 0 Å². The van der Waals surface area contributed by atoms with Crippen molar-refractivity contribution in [2.45, 2.75) is 0 Å². The van der Waals surface area contributed by atoms with Crippen LogP contribution in [0.1, 0.15) is 10.4 Å². The maximum absolute atomic E-state index is 12.7. The van der Waals surface area contributed by atoms with Crippen molar-refractivity contribution < 1.29 is 4.79 Å². The molecule has 136 valence electrons. The second kappa shape index (κ2) is 8.24. The van der Waals surface area contributed by atoms with Gasteiger partial charge in [-0.2, -0.15) is 0 Å². The number of para-hydroxylation sites is 1. The minimum absolute atomic E-state index is 0.0339. The number of hydrogen-bond acceptors (Lipinski definition) is 3. The second-order valence-corrected chi connectivity index (χ2v) is 7.68. The lowest BCUT2D eigenvalue weighted by Crippen LogP contribution is -2.49. The van der Waals surface area contributed by atoms with Crippen molar-refractivity contribution in [3.8, 4) is 0 Å². The van der Waals surface area contributed by atoms with Gasteiger partial charge in [-0.05, 0) is 42.5 Å². The average Bonchev–Trinajstić information content (AvgIpc) is 2.61. The van der Waals surface area contributed by atoms with Gasteiger partial charge in [0.25, 0.3) is 5.91 Å². The Balaban J connectivity index is 1.73. The third-order valence-corrected chi connectivity index (χ3v) is 5.10. The van der Waals surface area contributed by atoms with Crippen LogP contribution in [0.4, 0.5) is 11.4 Å². The lowest BCUT2D eigenvalue weighted by Gasteiger charge is -2.37. The van der Waals surface area contributed by atoms with Crippen LogP contribution in [0.15, 0.2) is 46.9 Å². The van der Waals surface area contributed by atoms with E-state index >= 15 is 0 Å². The van der Waals surface area contributed by atoms with E-state index in [-0.39, 0.29) is 11.0 Å². The number of anilines is 2. The van der Waals surface area contributed by atoms with Crippen molar-refractivity contribution in [1.29, 1.82) is 0 Å². The summed E-state index contributed by atoms with van der Waals surface area (Å²) >= 11 is 14.8. The van der Waals surface area contributed by atoms with Gasteiger partial charge in [0.05, 0.1) is 16.4 Å². The number of nitrogens with zero attached hydrogens (tertiary/aromatic N) is 2. The maximum atomic E-state index is 12.7. The Hall–Kier alpha value is -1.83. The second-order valence-electron chi connectivity index (χ2n) is 5.91. The standard InChI is InChI=1S/C18H18BrClN4OS/c19-13-4-1-3-12(11-13)17(25)24-9-7-23(8-10-24)16-14(20)5-2-6-15(16)22-18(21)26/h1-6,11H,7-10H2,(H3,21,22,26). The first kappa shape index (κ1) is 18.9. The molecule has 1 aliphatic rings. The summed E-state index contributed by atoms with van der Waals surface area (Å²) in [7, 11) is 0.